The molecule has 1 aromatic rings. The van der Waals surface area contributed by atoms with Crippen LogP contribution in [0.5, 0.6) is 5.75 Å². The Morgan fingerprint density at radius 1 is 1.32 bits per heavy atom. The molecule has 0 saturated carbocycles. The van der Waals surface area contributed by atoms with Gasteiger partial charge in [0.1, 0.15) is 5.75 Å². The maximum atomic E-state index is 12.9. The van der Waals surface area contributed by atoms with Crippen LogP contribution in [0.1, 0.15) is 30.6 Å². The second-order valence-electron chi connectivity index (χ2n) is 4.13. The van der Waals surface area contributed by atoms with Crippen molar-refractivity contribution in [3.8, 4) is 5.75 Å². The van der Waals surface area contributed by atoms with E-state index in [1.807, 2.05) is 0 Å². The second kappa shape index (κ2) is 6.04. The minimum atomic E-state index is -4.62. The number of alkyl halides is 4. The number of benzene rings is 1. The summed E-state index contributed by atoms with van der Waals surface area (Å²) in [6.07, 6.45) is -8.07. The highest BCUT2D eigenvalue weighted by molar-refractivity contribution is 6.00. The predicted molar refractivity (Wildman–Crippen MR) is 61.8 cm³/mol. The molecule has 1 atom stereocenters. The Balaban J connectivity index is 3.06. The van der Waals surface area contributed by atoms with Gasteiger partial charge in [0.25, 0.3) is 0 Å². The first-order chi connectivity index (χ1) is 8.79. The van der Waals surface area contributed by atoms with E-state index in [4.69, 9.17) is 0 Å². The van der Waals surface area contributed by atoms with Gasteiger partial charge in [-0.25, -0.2) is 0 Å². The number of halogens is 4. The van der Waals surface area contributed by atoms with Crippen molar-refractivity contribution < 1.29 is 27.1 Å². The van der Waals surface area contributed by atoms with Crippen molar-refractivity contribution in [2.24, 2.45) is 5.92 Å². The monoisotopic (exact) mass is 278 g/mol. The van der Waals surface area contributed by atoms with Crippen molar-refractivity contribution in [2.45, 2.75) is 32.8 Å². The Labute approximate surface area is 108 Å². The molecule has 0 radical (unpaired) electrons. The summed E-state index contributed by atoms with van der Waals surface area (Å²) in [5.74, 6) is -1.34. The van der Waals surface area contributed by atoms with E-state index < -0.39 is 30.0 Å². The fraction of sp³-hybridized carbons (Fsp3) is 0.462. The maximum absolute atomic E-state index is 12.9. The van der Waals surface area contributed by atoms with Gasteiger partial charge in [-0.2, -0.15) is 17.6 Å². The molecule has 1 aromatic carbocycles. The van der Waals surface area contributed by atoms with Crippen molar-refractivity contribution in [3.05, 3.63) is 29.8 Å². The van der Waals surface area contributed by atoms with Gasteiger partial charge in [-0.15, -0.1) is 0 Å². The van der Waals surface area contributed by atoms with E-state index in [1.165, 1.54) is 18.2 Å². The van der Waals surface area contributed by atoms with Gasteiger partial charge >= 0.3 is 12.5 Å². The van der Waals surface area contributed by atoms with Gasteiger partial charge < -0.3 is 4.74 Å². The molecule has 0 amide bonds. The third-order valence-electron chi connectivity index (χ3n) is 2.71. The molecule has 0 heterocycles. The second-order valence-corrected chi connectivity index (χ2v) is 4.13. The van der Waals surface area contributed by atoms with Gasteiger partial charge in [-0.3, -0.25) is 4.79 Å². The van der Waals surface area contributed by atoms with E-state index in [2.05, 4.69) is 4.74 Å². The van der Waals surface area contributed by atoms with Gasteiger partial charge in [0.05, 0.1) is 5.56 Å². The van der Waals surface area contributed by atoms with Crippen molar-refractivity contribution in [1.29, 1.82) is 0 Å². The fourth-order valence-corrected chi connectivity index (χ4v) is 1.40. The third kappa shape index (κ3) is 3.68. The van der Waals surface area contributed by atoms with Crippen LogP contribution in [0.2, 0.25) is 0 Å². The van der Waals surface area contributed by atoms with Crippen LogP contribution < -0.4 is 4.74 Å². The Morgan fingerprint density at radius 3 is 2.42 bits per heavy atom. The van der Waals surface area contributed by atoms with Crippen molar-refractivity contribution in [1.82, 2.24) is 0 Å². The fourth-order valence-electron chi connectivity index (χ4n) is 1.40. The summed E-state index contributed by atoms with van der Waals surface area (Å²) in [5, 5.41) is 0. The molecule has 0 fully saturated rings. The number of carbonyl (C=O) groups excluding carboxylic acids is 1. The van der Waals surface area contributed by atoms with Gasteiger partial charge in [-0.05, 0) is 18.6 Å². The van der Waals surface area contributed by atoms with Crippen LogP contribution in [0.25, 0.3) is 0 Å². The summed E-state index contributed by atoms with van der Waals surface area (Å²) in [7, 11) is 0. The first-order valence-corrected chi connectivity index (χ1v) is 5.77. The standard InChI is InChI=1S/C13H14F4O2/c1-3-8(2)11(18)9-6-4-5-7-10(9)19-13(16,17)12(14)15/h4-8,12H,3H2,1-2H3. The quantitative estimate of drug-likeness (QED) is 0.577. The Morgan fingerprint density at radius 2 is 1.89 bits per heavy atom. The number of carbonyl (C=O) groups is 1. The number of hydrogen-bond acceptors (Lipinski definition) is 2. The van der Waals surface area contributed by atoms with Crippen LogP contribution in [0.3, 0.4) is 0 Å². The van der Waals surface area contributed by atoms with Gasteiger partial charge in [0.15, 0.2) is 5.78 Å². The molecule has 0 N–H and O–H groups in total. The highest BCUT2D eigenvalue weighted by Crippen LogP contribution is 2.31. The molecule has 0 aliphatic carbocycles. The average Bonchev–Trinajstić information content (AvgIpc) is 2.37. The Hall–Kier alpha value is -1.59. The first-order valence-electron chi connectivity index (χ1n) is 5.77. The van der Waals surface area contributed by atoms with Crippen LogP contribution >= 0.6 is 0 Å². The molecule has 0 bridgehead atoms. The summed E-state index contributed by atoms with van der Waals surface area (Å²) < 4.78 is 53.9. The minimum Gasteiger partial charge on any atom is -0.428 e. The largest absolute Gasteiger partial charge is 0.461 e. The van der Waals surface area contributed by atoms with Crippen molar-refractivity contribution >= 4 is 5.78 Å². The molecular formula is C13H14F4O2. The molecule has 106 valence electrons. The zero-order valence-electron chi connectivity index (χ0n) is 10.5. The lowest BCUT2D eigenvalue weighted by atomic mass is 9.96. The molecular weight excluding hydrogens is 264 g/mol. The molecule has 1 rings (SSSR count). The molecule has 0 aliphatic heterocycles. The van der Waals surface area contributed by atoms with Crippen LogP contribution in [-0.2, 0) is 0 Å². The Bertz CT molecular complexity index is 446. The number of para-hydroxylation sites is 1. The molecule has 6 heteroatoms. The average molecular weight is 278 g/mol. The topological polar surface area (TPSA) is 26.3 Å². The molecule has 19 heavy (non-hydrogen) atoms. The van der Waals surface area contributed by atoms with E-state index in [1.54, 1.807) is 13.8 Å². The summed E-state index contributed by atoms with van der Waals surface area (Å²) in [6.45, 7) is 3.39. The van der Waals surface area contributed by atoms with Crippen molar-refractivity contribution in [2.75, 3.05) is 0 Å². The maximum Gasteiger partial charge on any atom is 0.461 e. The molecule has 0 aliphatic rings. The van der Waals surface area contributed by atoms with Crippen LogP contribution in [-0.4, -0.2) is 18.3 Å². The minimum absolute atomic E-state index is 0.114. The third-order valence-corrected chi connectivity index (χ3v) is 2.71. The first kappa shape index (κ1) is 15.5. The lowest BCUT2D eigenvalue weighted by molar-refractivity contribution is -0.253. The highest BCUT2D eigenvalue weighted by Gasteiger charge is 2.44. The molecule has 0 aromatic heterocycles. The van der Waals surface area contributed by atoms with Crippen LogP contribution in [0.15, 0.2) is 24.3 Å². The van der Waals surface area contributed by atoms with E-state index in [9.17, 15) is 22.4 Å². The molecule has 1 unspecified atom stereocenters. The number of ketones is 1. The SMILES string of the molecule is CCC(C)C(=O)c1ccccc1OC(F)(F)C(F)F. The lowest BCUT2D eigenvalue weighted by Crippen LogP contribution is -2.34. The normalized spacial score (nSPS) is 13.4. The van der Waals surface area contributed by atoms with Crippen LogP contribution in [0, 0.1) is 5.92 Å². The van der Waals surface area contributed by atoms with E-state index in [0.29, 0.717) is 6.42 Å². The smallest absolute Gasteiger partial charge is 0.428 e. The van der Waals surface area contributed by atoms with E-state index in [0.717, 1.165) is 6.07 Å². The van der Waals surface area contributed by atoms with E-state index >= 15 is 0 Å². The van der Waals surface area contributed by atoms with Gasteiger partial charge in [0.2, 0.25) is 0 Å². The van der Waals surface area contributed by atoms with E-state index in [-0.39, 0.29) is 5.56 Å². The number of rotatable bonds is 6. The van der Waals surface area contributed by atoms with Crippen molar-refractivity contribution in [3.63, 3.8) is 0 Å². The number of hydrogen-bond donors (Lipinski definition) is 0. The van der Waals surface area contributed by atoms with Gasteiger partial charge in [-0.1, -0.05) is 26.0 Å². The lowest BCUT2D eigenvalue weighted by Gasteiger charge is -2.19. The molecule has 0 saturated heterocycles. The highest BCUT2D eigenvalue weighted by atomic mass is 19.3. The van der Waals surface area contributed by atoms with Crippen LogP contribution in [0.4, 0.5) is 17.6 Å². The predicted octanol–water partition coefficient (Wildman–Crippen LogP) is 4.15. The summed E-state index contributed by atoms with van der Waals surface area (Å²) >= 11 is 0. The summed E-state index contributed by atoms with van der Waals surface area (Å²) in [4.78, 5) is 11.9. The number of Topliss-reactive ketones (excluding diaryl/α,β-unsaturated/α-hetero) is 1. The number of ether oxygens (including phenoxy) is 1. The zero-order valence-corrected chi connectivity index (χ0v) is 10.5. The van der Waals surface area contributed by atoms with Gasteiger partial charge in [0, 0.05) is 5.92 Å². The zero-order chi connectivity index (χ0) is 14.6. The summed E-state index contributed by atoms with van der Waals surface area (Å²) in [6, 6.07) is 5.16. The Kier molecular flexibility index (Phi) is 4.91. The molecule has 2 nitrogen and oxygen atoms in total. The molecule has 0 spiro atoms. The summed E-state index contributed by atoms with van der Waals surface area (Å²) in [5.41, 5.74) is -0.114.